The fourth-order valence-corrected chi connectivity index (χ4v) is 2.16. The number of hydrogen-bond donors (Lipinski definition) is 2. The van der Waals surface area contributed by atoms with Crippen molar-refractivity contribution in [3.05, 3.63) is 28.6 Å². The third-order valence-corrected chi connectivity index (χ3v) is 2.91. The number of fused-ring (bicyclic) bond motifs is 1. The molecule has 5 heteroatoms. The summed E-state index contributed by atoms with van der Waals surface area (Å²) in [4.78, 5) is 4.14. The van der Waals surface area contributed by atoms with E-state index < -0.39 is 0 Å². The van der Waals surface area contributed by atoms with E-state index in [1.807, 2.05) is 6.92 Å². The van der Waals surface area contributed by atoms with Gasteiger partial charge in [0.2, 0.25) is 0 Å². The number of halogens is 2. The molecule has 0 spiro atoms. The highest BCUT2D eigenvalue weighted by Crippen LogP contribution is 2.34. The Morgan fingerprint density at radius 3 is 2.88 bits per heavy atom. The summed E-state index contributed by atoms with van der Waals surface area (Å²) in [5.41, 5.74) is 6.37. The molecule has 3 nitrogen and oxygen atoms in total. The van der Waals surface area contributed by atoms with E-state index in [2.05, 4.69) is 26.2 Å². The number of nitrogens with two attached hydrogens (primary N) is 1. The first-order chi connectivity index (χ1) is 7.65. The van der Waals surface area contributed by atoms with Gasteiger partial charge in [-0.3, -0.25) is 0 Å². The van der Waals surface area contributed by atoms with Gasteiger partial charge in [-0.1, -0.05) is 0 Å². The van der Waals surface area contributed by atoms with Crippen LogP contribution in [-0.2, 0) is 0 Å². The zero-order valence-corrected chi connectivity index (χ0v) is 10.3. The molecule has 84 valence electrons. The zero-order valence-electron chi connectivity index (χ0n) is 8.72. The Balaban J connectivity index is 2.86. The van der Waals surface area contributed by atoms with E-state index in [-0.39, 0.29) is 5.82 Å². The number of nitrogens with one attached hydrogen (secondary N) is 1. The first-order valence-corrected chi connectivity index (χ1v) is 5.70. The Hall–Kier alpha value is -1.36. The number of rotatable bonds is 2. The summed E-state index contributed by atoms with van der Waals surface area (Å²) >= 11 is 3.33. The number of hydrogen-bond acceptors (Lipinski definition) is 3. The van der Waals surface area contributed by atoms with Gasteiger partial charge in [0.05, 0.1) is 5.39 Å². The quantitative estimate of drug-likeness (QED) is 0.833. The van der Waals surface area contributed by atoms with Gasteiger partial charge >= 0.3 is 0 Å². The van der Waals surface area contributed by atoms with Crippen LogP contribution >= 0.6 is 15.9 Å². The van der Waals surface area contributed by atoms with E-state index in [1.165, 1.54) is 6.07 Å². The van der Waals surface area contributed by atoms with Gasteiger partial charge in [-0.05, 0) is 35.0 Å². The van der Waals surface area contributed by atoms with Crippen LogP contribution in [0.2, 0.25) is 0 Å². The van der Waals surface area contributed by atoms with Crippen LogP contribution in [0.1, 0.15) is 6.92 Å². The van der Waals surface area contributed by atoms with Crippen molar-refractivity contribution < 1.29 is 4.39 Å². The maximum Gasteiger partial charge on any atom is 0.136 e. The van der Waals surface area contributed by atoms with Crippen molar-refractivity contribution in [2.75, 3.05) is 17.6 Å². The van der Waals surface area contributed by atoms with Crippen molar-refractivity contribution in [1.29, 1.82) is 0 Å². The third kappa shape index (κ3) is 1.71. The summed E-state index contributed by atoms with van der Waals surface area (Å²) in [6.07, 6.45) is 1.62. The third-order valence-electron chi connectivity index (χ3n) is 2.31. The van der Waals surface area contributed by atoms with Gasteiger partial charge in [0.15, 0.2) is 0 Å². The maximum atomic E-state index is 13.8. The number of nitrogens with zero attached hydrogens (tertiary/aromatic N) is 1. The van der Waals surface area contributed by atoms with E-state index in [9.17, 15) is 4.39 Å². The summed E-state index contributed by atoms with van der Waals surface area (Å²) in [6, 6.07) is 2.91. The lowest BCUT2D eigenvalue weighted by atomic mass is 10.1. The minimum atomic E-state index is -0.325. The molecule has 2 rings (SSSR count). The topological polar surface area (TPSA) is 50.9 Å². The van der Waals surface area contributed by atoms with E-state index in [4.69, 9.17) is 5.73 Å². The minimum Gasteiger partial charge on any atom is -0.398 e. The molecule has 0 bridgehead atoms. The Labute approximate surface area is 101 Å². The van der Waals surface area contributed by atoms with Crippen LogP contribution in [0, 0.1) is 5.82 Å². The van der Waals surface area contributed by atoms with E-state index in [1.54, 1.807) is 12.3 Å². The van der Waals surface area contributed by atoms with Crippen LogP contribution in [0.25, 0.3) is 10.8 Å². The van der Waals surface area contributed by atoms with Crippen molar-refractivity contribution in [1.82, 2.24) is 4.98 Å². The summed E-state index contributed by atoms with van der Waals surface area (Å²) in [5, 5.41) is 4.10. The number of aromatic nitrogens is 1. The Morgan fingerprint density at radius 2 is 2.19 bits per heavy atom. The van der Waals surface area contributed by atoms with Crippen molar-refractivity contribution in [2.45, 2.75) is 6.92 Å². The molecular weight excluding hydrogens is 273 g/mol. The normalized spacial score (nSPS) is 10.7. The molecule has 1 heterocycles. The highest BCUT2D eigenvalue weighted by Gasteiger charge is 2.12. The summed E-state index contributed by atoms with van der Waals surface area (Å²) in [7, 11) is 0. The number of anilines is 2. The van der Waals surface area contributed by atoms with E-state index >= 15 is 0 Å². The lowest BCUT2D eigenvalue weighted by Gasteiger charge is -2.10. The second-order valence-electron chi connectivity index (χ2n) is 3.37. The molecule has 16 heavy (non-hydrogen) atoms. The van der Waals surface area contributed by atoms with Gasteiger partial charge in [-0.15, -0.1) is 0 Å². The minimum absolute atomic E-state index is 0.325. The molecule has 0 atom stereocenters. The molecule has 0 unspecified atom stereocenters. The monoisotopic (exact) mass is 283 g/mol. The maximum absolute atomic E-state index is 13.8. The Morgan fingerprint density at radius 1 is 1.44 bits per heavy atom. The van der Waals surface area contributed by atoms with Gasteiger partial charge in [0, 0.05) is 28.3 Å². The number of benzene rings is 1. The molecule has 2 aromatic rings. The second kappa shape index (κ2) is 4.25. The van der Waals surface area contributed by atoms with Crippen molar-refractivity contribution in [3.63, 3.8) is 0 Å². The molecule has 0 aliphatic heterocycles. The first kappa shape index (κ1) is 11.1. The van der Waals surface area contributed by atoms with Crippen LogP contribution in [0.15, 0.2) is 22.8 Å². The SMILES string of the molecule is CCNc1ncc(Br)c2c(N)ccc(F)c12. The van der Waals surface area contributed by atoms with Crippen molar-refractivity contribution in [3.8, 4) is 0 Å². The van der Waals surface area contributed by atoms with Crippen LogP contribution in [0.5, 0.6) is 0 Å². The molecule has 0 aliphatic carbocycles. The highest BCUT2D eigenvalue weighted by molar-refractivity contribution is 9.10. The average Bonchev–Trinajstić information content (AvgIpc) is 2.26. The summed E-state index contributed by atoms with van der Waals surface area (Å²) in [5.74, 6) is 0.194. The molecular formula is C11H11BrFN3. The first-order valence-electron chi connectivity index (χ1n) is 4.91. The van der Waals surface area contributed by atoms with Crippen molar-refractivity contribution >= 4 is 38.2 Å². The van der Waals surface area contributed by atoms with E-state index in [0.717, 1.165) is 0 Å². The number of nitrogen functional groups attached to an aromatic ring is 1. The van der Waals surface area contributed by atoms with Gasteiger partial charge in [-0.2, -0.15) is 0 Å². The molecule has 3 N–H and O–H groups in total. The molecule has 0 saturated heterocycles. The van der Waals surface area contributed by atoms with Gasteiger partial charge in [0.1, 0.15) is 11.6 Å². The Bertz CT molecular complexity index is 534. The predicted molar refractivity (Wildman–Crippen MR) is 68.0 cm³/mol. The number of pyridine rings is 1. The zero-order chi connectivity index (χ0) is 11.7. The molecule has 0 aliphatic rings. The van der Waals surface area contributed by atoms with Gasteiger partial charge in [-0.25, -0.2) is 9.37 Å². The molecule has 0 radical (unpaired) electrons. The standard InChI is InChI=1S/C11H11BrFN3/c1-2-15-11-10-7(13)3-4-8(14)9(10)6(12)5-16-11/h3-5H,2,14H2,1H3,(H,15,16). The molecule has 1 aromatic heterocycles. The Kier molecular flexibility index (Phi) is 2.96. The lowest BCUT2D eigenvalue weighted by molar-refractivity contribution is 0.640. The van der Waals surface area contributed by atoms with Gasteiger partial charge in [0.25, 0.3) is 0 Å². The second-order valence-corrected chi connectivity index (χ2v) is 4.23. The molecule has 0 amide bonds. The molecule has 0 fully saturated rings. The average molecular weight is 284 g/mol. The van der Waals surface area contributed by atoms with E-state index in [0.29, 0.717) is 33.3 Å². The molecule has 0 saturated carbocycles. The molecule has 1 aromatic carbocycles. The van der Waals surface area contributed by atoms with Crippen LogP contribution in [0.4, 0.5) is 15.9 Å². The smallest absolute Gasteiger partial charge is 0.136 e. The van der Waals surface area contributed by atoms with Crippen molar-refractivity contribution in [2.24, 2.45) is 0 Å². The predicted octanol–water partition coefficient (Wildman–Crippen LogP) is 3.15. The fraction of sp³-hybridized carbons (Fsp3) is 0.182. The summed E-state index contributed by atoms with van der Waals surface area (Å²) < 4.78 is 14.5. The van der Waals surface area contributed by atoms with Crippen LogP contribution < -0.4 is 11.1 Å². The van der Waals surface area contributed by atoms with Crippen LogP contribution in [0.3, 0.4) is 0 Å². The lowest BCUT2D eigenvalue weighted by Crippen LogP contribution is -2.02. The fourth-order valence-electron chi connectivity index (χ4n) is 1.63. The van der Waals surface area contributed by atoms with Gasteiger partial charge < -0.3 is 11.1 Å². The van der Waals surface area contributed by atoms with Crippen LogP contribution in [-0.4, -0.2) is 11.5 Å². The largest absolute Gasteiger partial charge is 0.398 e. The summed E-state index contributed by atoms with van der Waals surface area (Å²) in [6.45, 7) is 2.61. The highest BCUT2D eigenvalue weighted by atomic mass is 79.9.